The van der Waals surface area contributed by atoms with Gasteiger partial charge < -0.3 is 28.0 Å². The van der Waals surface area contributed by atoms with Crippen LogP contribution in [0.1, 0.15) is 44.4 Å². The molecule has 0 aromatic heterocycles. The van der Waals surface area contributed by atoms with Crippen LogP contribution in [0.5, 0.6) is 17.2 Å². The molecule has 3 heterocycles. The summed E-state index contributed by atoms with van der Waals surface area (Å²) in [7, 11) is 0. The molecule has 0 bridgehead atoms. The second-order valence-corrected chi connectivity index (χ2v) is 12.1. The van der Waals surface area contributed by atoms with E-state index in [1.807, 2.05) is 24.3 Å². The summed E-state index contributed by atoms with van der Waals surface area (Å²) in [4.78, 5) is 0. The fourth-order valence-electron chi connectivity index (χ4n) is 4.28. The highest BCUT2D eigenvalue weighted by Crippen LogP contribution is 2.36. The number of para-hydroxylation sites is 2. The number of hydrogen-bond donors (Lipinski definition) is 2. The van der Waals surface area contributed by atoms with E-state index in [0.29, 0.717) is 6.04 Å². The standard InChI is InChI=1S/C12H17NO.C10H12INO.C9H11NO/c1-12(2,3)9-4-5-11-10(8-9)13-6-7-14-11;1-7-5-9-10(6-8(7)2)13-4-3-12(9)11;1-7-6-11-9-5-3-2-4-8(9)10-7/h4-5,8,13H,6-7H2,1-3H3;5-6H,3-4H2,1-2H3;2-5,7,10H,6H2,1H3. The molecule has 3 aliphatic heterocycles. The minimum absolute atomic E-state index is 0.203. The molecule has 1 unspecified atom stereocenters. The molecule has 3 aromatic rings. The van der Waals surface area contributed by atoms with Gasteiger partial charge in [0.2, 0.25) is 0 Å². The second-order valence-electron chi connectivity index (χ2n) is 10.9. The molecular weight excluding hydrogens is 589 g/mol. The van der Waals surface area contributed by atoms with Gasteiger partial charge in [0.25, 0.3) is 0 Å². The topological polar surface area (TPSA) is 55.0 Å². The number of fused-ring (bicyclic) bond motifs is 3. The highest BCUT2D eigenvalue weighted by molar-refractivity contribution is 14.1. The van der Waals surface area contributed by atoms with Crippen LogP contribution in [0, 0.1) is 13.8 Å². The predicted octanol–water partition coefficient (Wildman–Crippen LogP) is 7.52. The highest BCUT2D eigenvalue weighted by Gasteiger charge is 2.18. The van der Waals surface area contributed by atoms with E-state index < -0.39 is 0 Å². The molecule has 3 aromatic carbocycles. The number of anilines is 3. The number of rotatable bonds is 0. The maximum Gasteiger partial charge on any atom is 0.143 e. The summed E-state index contributed by atoms with van der Waals surface area (Å²) in [6.45, 7) is 17.2. The normalized spacial score (nSPS) is 17.0. The molecule has 0 radical (unpaired) electrons. The third kappa shape index (κ3) is 7.18. The second kappa shape index (κ2) is 12.4. The van der Waals surface area contributed by atoms with Gasteiger partial charge in [-0.2, -0.15) is 0 Å². The van der Waals surface area contributed by atoms with Crippen molar-refractivity contribution in [3.05, 3.63) is 71.3 Å². The first-order valence-corrected chi connectivity index (χ1v) is 14.3. The van der Waals surface area contributed by atoms with Crippen LogP contribution in [0.4, 0.5) is 17.1 Å². The first-order valence-electron chi connectivity index (χ1n) is 13.3. The Hall–Kier alpha value is -2.81. The Morgan fingerprint density at radius 1 is 0.842 bits per heavy atom. The van der Waals surface area contributed by atoms with E-state index >= 15 is 0 Å². The lowest BCUT2D eigenvalue weighted by molar-refractivity contribution is 0.292. The van der Waals surface area contributed by atoms with E-state index in [2.05, 4.69) is 108 Å². The van der Waals surface area contributed by atoms with E-state index in [1.165, 1.54) is 22.4 Å². The summed E-state index contributed by atoms with van der Waals surface area (Å²) >= 11 is 2.33. The van der Waals surface area contributed by atoms with Crippen molar-refractivity contribution in [2.75, 3.05) is 46.7 Å². The molecule has 0 fully saturated rings. The third-order valence-corrected chi connectivity index (χ3v) is 7.68. The van der Waals surface area contributed by atoms with E-state index in [4.69, 9.17) is 14.2 Å². The Morgan fingerprint density at radius 3 is 2.34 bits per heavy atom. The fraction of sp³-hybridized carbons (Fsp3) is 0.419. The zero-order valence-electron chi connectivity index (χ0n) is 23.4. The average molecular weight is 630 g/mol. The van der Waals surface area contributed by atoms with Crippen LogP contribution in [-0.4, -0.2) is 39.0 Å². The van der Waals surface area contributed by atoms with Crippen molar-refractivity contribution in [2.24, 2.45) is 0 Å². The third-order valence-electron chi connectivity index (χ3n) is 6.68. The highest BCUT2D eigenvalue weighted by atomic mass is 127. The number of nitrogens with one attached hydrogen (secondary N) is 2. The molecule has 38 heavy (non-hydrogen) atoms. The van der Waals surface area contributed by atoms with Gasteiger partial charge >= 0.3 is 0 Å². The van der Waals surface area contributed by atoms with Gasteiger partial charge in [0, 0.05) is 6.54 Å². The Morgan fingerprint density at radius 2 is 1.55 bits per heavy atom. The van der Waals surface area contributed by atoms with Gasteiger partial charge in [0.05, 0.1) is 52.5 Å². The summed E-state index contributed by atoms with van der Waals surface area (Å²) in [5, 5.41) is 6.68. The Labute approximate surface area is 241 Å². The predicted molar refractivity (Wildman–Crippen MR) is 167 cm³/mol. The lowest BCUT2D eigenvalue weighted by Gasteiger charge is -2.26. The first-order chi connectivity index (χ1) is 18.1. The molecule has 0 amide bonds. The van der Waals surface area contributed by atoms with Crippen molar-refractivity contribution in [1.82, 2.24) is 0 Å². The zero-order chi connectivity index (χ0) is 27.3. The summed E-state index contributed by atoms with van der Waals surface area (Å²) in [5.41, 5.74) is 7.60. The zero-order valence-corrected chi connectivity index (χ0v) is 25.5. The molecule has 2 N–H and O–H groups in total. The molecule has 0 saturated heterocycles. The van der Waals surface area contributed by atoms with Crippen LogP contribution >= 0.6 is 22.9 Å². The number of benzene rings is 3. The number of aryl methyl sites for hydroxylation is 2. The van der Waals surface area contributed by atoms with Gasteiger partial charge in [-0.3, -0.25) is 0 Å². The van der Waals surface area contributed by atoms with Gasteiger partial charge in [-0.15, -0.1) is 0 Å². The van der Waals surface area contributed by atoms with Gasteiger partial charge in [0.15, 0.2) is 0 Å². The minimum atomic E-state index is 0.203. The molecule has 6 rings (SSSR count). The number of hydrogen-bond acceptors (Lipinski definition) is 6. The van der Waals surface area contributed by atoms with Crippen molar-refractivity contribution in [3.8, 4) is 17.2 Å². The Balaban J connectivity index is 0.000000134. The van der Waals surface area contributed by atoms with Crippen LogP contribution in [0.2, 0.25) is 0 Å². The maximum atomic E-state index is 5.58. The SMILES string of the molecule is CC(C)(C)c1ccc2c(c1)NCCO2.CC1COc2ccccc2N1.Cc1cc2c(cc1C)N(I)CCO2. The van der Waals surface area contributed by atoms with E-state index in [0.717, 1.165) is 61.5 Å². The summed E-state index contributed by atoms with van der Waals surface area (Å²) in [6, 6.07) is 19.1. The molecule has 1 atom stereocenters. The first kappa shape index (κ1) is 28.2. The van der Waals surface area contributed by atoms with Gasteiger partial charge in [-0.25, -0.2) is 0 Å². The monoisotopic (exact) mass is 629 g/mol. The maximum absolute atomic E-state index is 5.58. The van der Waals surface area contributed by atoms with Gasteiger partial charge in [-0.1, -0.05) is 39.0 Å². The fourth-order valence-corrected chi connectivity index (χ4v) is 4.85. The smallest absolute Gasteiger partial charge is 0.143 e. The summed E-state index contributed by atoms with van der Waals surface area (Å²) in [5.74, 6) is 2.96. The molecule has 7 heteroatoms. The quantitative estimate of drug-likeness (QED) is 0.198. The lowest BCUT2D eigenvalue weighted by Crippen LogP contribution is -2.27. The Kier molecular flexibility index (Phi) is 9.18. The molecule has 0 saturated carbocycles. The summed E-state index contributed by atoms with van der Waals surface area (Å²) < 4.78 is 18.8. The molecule has 3 aliphatic rings. The van der Waals surface area contributed by atoms with Gasteiger partial charge in [-0.05, 0) is 79.3 Å². The van der Waals surface area contributed by atoms with Crippen molar-refractivity contribution in [2.45, 2.75) is 53.0 Å². The van der Waals surface area contributed by atoms with Crippen LogP contribution in [0.3, 0.4) is 0 Å². The molecule has 6 nitrogen and oxygen atoms in total. The van der Waals surface area contributed by atoms with Crippen molar-refractivity contribution in [3.63, 3.8) is 0 Å². The molecule has 0 spiro atoms. The Bertz CT molecular complexity index is 1240. The van der Waals surface area contributed by atoms with Crippen LogP contribution < -0.4 is 28.0 Å². The van der Waals surface area contributed by atoms with Gasteiger partial charge in [0.1, 0.15) is 37.1 Å². The largest absolute Gasteiger partial charge is 0.490 e. The van der Waals surface area contributed by atoms with Crippen molar-refractivity contribution < 1.29 is 14.2 Å². The summed E-state index contributed by atoms with van der Waals surface area (Å²) in [6.07, 6.45) is 0. The van der Waals surface area contributed by atoms with E-state index in [-0.39, 0.29) is 5.41 Å². The van der Waals surface area contributed by atoms with Crippen molar-refractivity contribution in [1.29, 1.82) is 0 Å². The average Bonchev–Trinajstić information content (AvgIpc) is 2.90. The van der Waals surface area contributed by atoms with E-state index in [1.54, 1.807) is 0 Å². The molecule has 204 valence electrons. The van der Waals surface area contributed by atoms with Crippen LogP contribution in [-0.2, 0) is 5.41 Å². The number of ether oxygens (including phenoxy) is 3. The van der Waals surface area contributed by atoms with Crippen LogP contribution in [0.25, 0.3) is 0 Å². The molecule has 0 aliphatic carbocycles. The number of halogens is 1. The molecular formula is C31H40IN3O3. The number of nitrogens with zero attached hydrogens (tertiary/aromatic N) is 1. The van der Waals surface area contributed by atoms with E-state index in [9.17, 15) is 0 Å². The van der Waals surface area contributed by atoms with Crippen molar-refractivity contribution >= 4 is 39.9 Å². The van der Waals surface area contributed by atoms with Crippen LogP contribution in [0.15, 0.2) is 54.6 Å². The lowest BCUT2D eigenvalue weighted by atomic mass is 9.86. The minimum Gasteiger partial charge on any atom is -0.490 e.